The maximum Gasteiger partial charge on any atom is 0.416 e. The summed E-state index contributed by atoms with van der Waals surface area (Å²) < 4.78 is 43.1. The second kappa shape index (κ2) is 8.62. The number of nitrogens with one attached hydrogen (secondary N) is 2. The summed E-state index contributed by atoms with van der Waals surface area (Å²) in [4.78, 5) is 24.0. The molecular formula is C19H18ClF3N2O3. The second-order valence-electron chi connectivity index (χ2n) is 6.16. The van der Waals surface area contributed by atoms with Gasteiger partial charge in [0.15, 0.2) is 0 Å². The number of benzene rings is 2. The first-order valence-electron chi connectivity index (χ1n) is 8.13. The number of ether oxygens (including phenoxy) is 1. The zero-order chi connectivity index (χ0) is 20.9. The monoisotopic (exact) mass is 414 g/mol. The molecule has 0 aromatic heterocycles. The van der Waals surface area contributed by atoms with Crippen molar-refractivity contribution in [1.82, 2.24) is 5.32 Å². The van der Waals surface area contributed by atoms with Gasteiger partial charge in [0.2, 0.25) is 0 Å². The van der Waals surface area contributed by atoms with Crippen LogP contribution < -0.4 is 10.6 Å². The van der Waals surface area contributed by atoms with Crippen LogP contribution in [-0.4, -0.2) is 25.5 Å². The fourth-order valence-electron chi connectivity index (χ4n) is 2.37. The number of hydrogen-bond acceptors (Lipinski definition) is 3. The van der Waals surface area contributed by atoms with Crippen molar-refractivity contribution in [2.24, 2.45) is 0 Å². The van der Waals surface area contributed by atoms with E-state index in [9.17, 15) is 22.8 Å². The van der Waals surface area contributed by atoms with Gasteiger partial charge in [-0.15, -0.1) is 0 Å². The van der Waals surface area contributed by atoms with Crippen molar-refractivity contribution in [1.29, 1.82) is 0 Å². The highest BCUT2D eigenvalue weighted by molar-refractivity contribution is 6.39. The summed E-state index contributed by atoms with van der Waals surface area (Å²) in [6, 6.07) is 10.6. The van der Waals surface area contributed by atoms with E-state index in [-0.39, 0.29) is 12.2 Å². The number of carbonyl (C=O) groups is 2. The predicted octanol–water partition coefficient (Wildman–Crippen LogP) is 3.98. The first-order chi connectivity index (χ1) is 13.0. The van der Waals surface area contributed by atoms with E-state index in [1.807, 2.05) is 0 Å². The molecule has 0 saturated heterocycles. The molecule has 5 nitrogen and oxygen atoms in total. The normalized spacial score (nSPS) is 13.5. The first kappa shape index (κ1) is 21.7. The van der Waals surface area contributed by atoms with Crippen LogP contribution >= 0.6 is 11.6 Å². The summed E-state index contributed by atoms with van der Waals surface area (Å²) in [6.45, 7) is 1.69. The van der Waals surface area contributed by atoms with Crippen LogP contribution in [0.15, 0.2) is 48.5 Å². The van der Waals surface area contributed by atoms with Gasteiger partial charge in [-0.1, -0.05) is 23.7 Å². The van der Waals surface area contributed by atoms with E-state index >= 15 is 0 Å². The summed E-state index contributed by atoms with van der Waals surface area (Å²) >= 11 is 5.97. The summed E-state index contributed by atoms with van der Waals surface area (Å²) in [5.74, 6) is -1.96. The van der Waals surface area contributed by atoms with Gasteiger partial charge >= 0.3 is 18.0 Å². The van der Waals surface area contributed by atoms with Crippen LogP contribution in [0.4, 0.5) is 18.9 Å². The van der Waals surface area contributed by atoms with Crippen molar-refractivity contribution in [2.45, 2.75) is 18.7 Å². The second-order valence-corrected chi connectivity index (χ2v) is 6.59. The minimum Gasteiger partial charge on any atom is -0.372 e. The molecule has 0 fully saturated rings. The molecule has 0 saturated carbocycles. The fraction of sp³-hybridized carbons (Fsp3) is 0.263. The minimum atomic E-state index is -4.48. The summed E-state index contributed by atoms with van der Waals surface area (Å²) in [6.07, 6.45) is -4.48. The minimum absolute atomic E-state index is 0.0247. The van der Waals surface area contributed by atoms with Crippen molar-refractivity contribution >= 4 is 29.1 Å². The third kappa shape index (κ3) is 5.46. The smallest absolute Gasteiger partial charge is 0.372 e. The maximum atomic E-state index is 12.5. The molecule has 2 N–H and O–H groups in total. The van der Waals surface area contributed by atoms with Crippen molar-refractivity contribution in [3.05, 3.63) is 64.7 Å². The fourth-order valence-corrected chi connectivity index (χ4v) is 2.56. The maximum absolute atomic E-state index is 12.5. The van der Waals surface area contributed by atoms with Crippen molar-refractivity contribution in [3.63, 3.8) is 0 Å². The molecule has 2 aromatic rings. The van der Waals surface area contributed by atoms with Gasteiger partial charge in [-0.25, -0.2) is 0 Å². The highest BCUT2D eigenvalue weighted by atomic mass is 35.5. The molecule has 0 aliphatic heterocycles. The van der Waals surface area contributed by atoms with Crippen molar-refractivity contribution < 1.29 is 27.5 Å². The Balaban J connectivity index is 1.99. The van der Waals surface area contributed by atoms with Crippen LogP contribution in [0.1, 0.15) is 18.1 Å². The quantitative estimate of drug-likeness (QED) is 0.727. The van der Waals surface area contributed by atoms with E-state index in [1.165, 1.54) is 7.11 Å². The van der Waals surface area contributed by atoms with Gasteiger partial charge in [-0.2, -0.15) is 13.2 Å². The lowest BCUT2D eigenvalue weighted by Crippen LogP contribution is -2.44. The molecule has 9 heteroatoms. The molecule has 0 heterocycles. The van der Waals surface area contributed by atoms with Gasteiger partial charge in [-0.3, -0.25) is 9.59 Å². The number of carbonyl (C=O) groups excluding carboxylic acids is 2. The number of halogens is 4. The Morgan fingerprint density at radius 2 is 1.68 bits per heavy atom. The number of alkyl halides is 3. The lowest BCUT2D eigenvalue weighted by atomic mass is 9.95. The Bertz CT molecular complexity index is 856. The van der Waals surface area contributed by atoms with E-state index in [1.54, 1.807) is 31.2 Å². The average molecular weight is 415 g/mol. The van der Waals surface area contributed by atoms with Crippen molar-refractivity contribution in [2.75, 3.05) is 19.0 Å². The van der Waals surface area contributed by atoms with Crippen molar-refractivity contribution in [3.8, 4) is 0 Å². The summed E-state index contributed by atoms with van der Waals surface area (Å²) in [5, 5.41) is 5.18. The Hall–Kier alpha value is -2.58. The van der Waals surface area contributed by atoms with Gasteiger partial charge in [0.25, 0.3) is 0 Å². The Morgan fingerprint density at radius 3 is 2.21 bits per heavy atom. The first-order valence-corrected chi connectivity index (χ1v) is 8.50. The molecule has 0 spiro atoms. The molecular weight excluding hydrogens is 397 g/mol. The molecule has 2 amide bonds. The van der Waals surface area contributed by atoms with Crippen LogP contribution in [0.25, 0.3) is 0 Å². The molecule has 28 heavy (non-hydrogen) atoms. The third-order valence-electron chi connectivity index (χ3n) is 4.15. The number of anilines is 1. The van der Waals surface area contributed by atoms with E-state index < -0.39 is 29.2 Å². The van der Waals surface area contributed by atoms with Gasteiger partial charge in [0, 0.05) is 17.8 Å². The number of hydrogen-bond donors (Lipinski definition) is 2. The Labute approximate surface area is 164 Å². The lowest BCUT2D eigenvalue weighted by Gasteiger charge is -2.29. The molecule has 0 bridgehead atoms. The summed E-state index contributed by atoms with van der Waals surface area (Å²) in [7, 11) is 1.45. The topological polar surface area (TPSA) is 67.4 Å². The highest BCUT2D eigenvalue weighted by Gasteiger charge is 2.30. The predicted molar refractivity (Wildman–Crippen MR) is 98.9 cm³/mol. The number of amides is 2. The van der Waals surface area contributed by atoms with Gasteiger partial charge in [0.05, 0.1) is 12.1 Å². The van der Waals surface area contributed by atoms with Crippen LogP contribution in [0, 0.1) is 0 Å². The van der Waals surface area contributed by atoms with Crippen LogP contribution in [-0.2, 0) is 26.1 Å². The molecule has 150 valence electrons. The van der Waals surface area contributed by atoms with Crippen LogP contribution in [0.5, 0.6) is 0 Å². The number of rotatable bonds is 5. The van der Waals surface area contributed by atoms with Crippen LogP contribution in [0.2, 0.25) is 5.02 Å². The molecule has 2 aromatic carbocycles. The van der Waals surface area contributed by atoms with Gasteiger partial charge < -0.3 is 15.4 Å². The average Bonchev–Trinajstić information content (AvgIpc) is 2.65. The van der Waals surface area contributed by atoms with E-state index in [4.69, 9.17) is 16.3 Å². The SMILES string of the molecule is COC(C)(CNC(=O)C(=O)Nc1ccc(C(F)(F)F)cc1)c1cccc(Cl)c1. The zero-order valence-corrected chi connectivity index (χ0v) is 15.8. The van der Waals surface area contributed by atoms with Gasteiger partial charge in [-0.05, 0) is 48.9 Å². The lowest BCUT2D eigenvalue weighted by molar-refractivity contribution is -0.137. The highest BCUT2D eigenvalue weighted by Crippen LogP contribution is 2.30. The molecule has 0 aliphatic carbocycles. The van der Waals surface area contributed by atoms with E-state index in [0.29, 0.717) is 10.6 Å². The third-order valence-corrected chi connectivity index (χ3v) is 4.38. The summed E-state index contributed by atoms with van der Waals surface area (Å²) in [5.41, 5.74) is -1.02. The Morgan fingerprint density at radius 1 is 1.04 bits per heavy atom. The standard InChI is InChI=1S/C19H18ClF3N2O3/c1-18(28-2,13-4-3-5-14(20)10-13)11-24-16(26)17(27)25-15-8-6-12(7-9-15)19(21,22)23/h3-10H,11H2,1-2H3,(H,24,26)(H,25,27). The van der Waals surface area contributed by atoms with E-state index in [0.717, 1.165) is 24.3 Å². The van der Waals surface area contributed by atoms with Crippen LogP contribution in [0.3, 0.4) is 0 Å². The zero-order valence-electron chi connectivity index (χ0n) is 15.1. The number of methoxy groups -OCH3 is 1. The largest absolute Gasteiger partial charge is 0.416 e. The molecule has 0 aliphatic rings. The molecule has 1 atom stereocenters. The molecule has 0 radical (unpaired) electrons. The molecule has 1 unspecified atom stereocenters. The van der Waals surface area contributed by atoms with E-state index in [2.05, 4.69) is 10.6 Å². The molecule has 2 rings (SSSR count). The van der Waals surface area contributed by atoms with Gasteiger partial charge in [0.1, 0.15) is 5.60 Å². The Kier molecular flexibility index (Phi) is 6.69.